The molecule has 0 spiro atoms. The SMILES string of the molecule is CCCc1nc(NC)c(C)c(N2CCCC(C)(C)C2)n1. The van der Waals surface area contributed by atoms with Gasteiger partial charge >= 0.3 is 0 Å². The van der Waals surface area contributed by atoms with Gasteiger partial charge in [0, 0.05) is 32.1 Å². The van der Waals surface area contributed by atoms with Crippen molar-refractivity contribution in [2.24, 2.45) is 5.41 Å². The average Bonchev–Trinajstić information content (AvgIpc) is 2.39. The molecule has 0 radical (unpaired) electrons. The predicted octanol–water partition coefficient (Wildman–Crippen LogP) is 3.41. The van der Waals surface area contributed by atoms with Crippen LogP contribution in [0.25, 0.3) is 0 Å². The van der Waals surface area contributed by atoms with Crippen LogP contribution in [0, 0.1) is 12.3 Å². The second kappa shape index (κ2) is 5.98. The first-order valence-electron chi connectivity index (χ1n) is 7.77. The van der Waals surface area contributed by atoms with Gasteiger partial charge in [0.25, 0.3) is 0 Å². The molecule has 2 heterocycles. The number of aromatic nitrogens is 2. The van der Waals surface area contributed by atoms with Crippen molar-refractivity contribution < 1.29 is 0 Å². The summed E-state index contributed by atoms with van der Waals surface area (Å²) < 4.78 is 0. The van der Waals surface area contributed by atoms with Crippen molar-refractivity contribution in [2.45, 2.75) is 53.4 Å². The van der Waals surface area contributed by atoms with E-state index >= 15 is 0 Å². The third-order valence-corrected chi connectivity index (χ3v) is 4.08. The van der Waals surface area contributed by atoms with E-state index in [2.05, 4.69) is 42.9 Å². The maximum Gasteiger partial charge on any atom is 0.137 e. The minimum absolute atomic E-state index is 0.375. The highest BCUT2D eigenvalue weighted by Crippen LogP contribution is 2.33. The number of hydrogen-bond donors (Lipinski definition) is 1. The second-order valence-electron chi connectivity index (χ2n) is 6.63. The zero-order valence-electron chi connectivity index (χ0n) is 13.6. The lowest BCUT2D eigenvalue weighted by molar-refractivity contribution is 0.291. The standard InChI is InChI=1S/C16H28N4/c1-6-8-13-18-14(17-5)12(2)15(19-13)20-10-7-9-16(3,4)11-20/h6-11H2,1-5H3,(H,17,18,19). The zero-order valence-corrected chi connectivity index (χ0v) is 13.6. The van der Waals surface area contributed by atoms with Gasteiger partial charge < -0.3 is 10.2 Å². The zero-order chi connectivity index (χ0) is 14.8. The summed E-state index contributed by atoms with van der Waals surface area (Å²) in [4.78, 5) is 11.9. The molecule has 0 aliphatic carbocycles. The Kier molecular flexibility index (Phi) is 4.51. The van der Waals surface area contributed by atoms with Gasteiger partial charge in [-0.05, 0) is 31.6 Å². The van der Waals surface area contributed by atoms with E-state index in [1.54, 1.807) is 0 Å². The average molecular weight is 276 g/mol. The van der Waals surface area contributed by atoms with Crippen molar-refractivity contribution in [3.05, 3.63) is 11.4 Å². The quantitative estimate of drug-likeness (QED) is 0.915. The number of hydrogen-bond acceptors (Lipinski definition) is 4. The lowest BCUT2D eigenvalue weighted by Gasteiger charge is -2.39. The largest absolute Gasteiger partial charge is 0.373 e. The first-order valence-corrected chi connectivity index (χ1v) is 7.77. The van der Waals surface area contributed by atoms with Gasteiger partial charge in [-0.1, -0.05) is 20.8 Å². The predicted molar refractivity (Wildman–Crippen MR) is 85.5 cm³/mol. The maximum absolute atomic E-state index is 4.83. The van der Waals surface area contributed by atoms with Gasteiger partial charge in [-0.3, -0.25) is 0 Å². The minimum Gasteiger partial charge on any atom is -0.373 e. The van der Waals surface area contributed by atoms with Crippen LogP contribution in [0.3, 0.4) is 0 Å². The maximum atomic E-state index is 4.83. The second-order valence-corrected chi connectivity index (χ2v) is 6.63. The molecule has 0 aromatic carbocycles. The summed E-state index contributed by atoms with van der Waals surface area (Å²) in [6.07, 6.45) is 4.57. The Morgan fingerprint density at radius 3 is 2.65 bits per heavy atom. The number of anilines is 2. The Labute approximate surface area is 123 Å². The summed E-state index contributed by atoms with van der Waals surface area (Å²) >= 11 is 0. The van der Waals surface area contributed by atoms with Crippen LogP contribution < -0.4 is 10.2 Å². The molecule has 0 amide bonds. The van der Waals surface area contributed by atoms with Gasteiger partial charge in [0.1, 0.15) is 17.5 Å². The van der Waals surface area contributed by atoms with Crippen LogP contribution in [0.1, 0.15) is 51.4 Å². The van der Waals surface area contributed by atoms with Crippen LogP contribution >= 0.6 is 0 Å². The van der Waals surface area contributed by atoms with Gasteiger partial charge in [0.15, 0.2) is 0 Å². The van der Waals surface area contributed by atoms with E-state index in [9.17, 15) is 0 Å². The van der Waals surface area contributed by atoms with Gasteiger partial charge in [-0.15, -0.1) is 0 Å². The summed E-state index contributed by atoms with van der Waals surface area (Å²) in [6, 6.07) is 0. The number of aryl methyl sites for hydroxylation is 1. The van der Waals surface area contributed by atoms with Crippen LogP contribution in [0.2, 0.25) is 0 Å². The molecule has 0 bridgehead atoms. The van der Waals surface area contributed by atoms with E-state index in [-0.39, 0.29) is 0 Å². The van der Waals surface area contributed by atoms with E-state index in [1.807, 2.05) is 7.05 Å². The normalized spacial score (nSPS) is 18.1. The first kappa shape index (κ1) is 15.1. The molecule has 4 heteroatoms. The number of nitrogens with one attached hydrogen (secondary N) is 1. The van der Waals surface area contributed by atoms with Gasteiger partial charge in [0.2, 0.25) is 0 Å². The molecule has 1 aromatic rings. The van der Waals surface area contributed by atoms with Crippen LogP contribution in [0.5, 0.6) is 0 Å². The molecule has 1 N–H and O–H groups in total. The van der Waals surface area contributed by atoms with Gasteiger partial charge in [-0.25, -0.2) is 9.97 Å². The van der Waals surface area contributed by atoms with E-state index in [0.29, 0.717) is 5.41 Å². The molecule has 0 saturated carbocycles. The number of nitrogens with zero attached hydrogens (tertiary/aromatic N) is 3. The molecule has 0 atom stereocenters. The molecule has 1 fully saturated rings. The van der Waals surface area contributed by atoms with E-state index in [1.165, 1.54) is 18.4 Å². The molecule has 4 nitrogen and oxygen atoms in total. The Balaban J connectivity index is 2.36. The fourth-order valence-electron chi connectivity index (χ4n) is 3.04. The molecule has 1 saturated heterocycles. The van der Waals surface area contributed by atoms with Crippen LogP contribution in [-0.2, 0) is 6.42 Å². The third kappa shape index (κ3) is 3.22. The van der Waals surface area contributed by atoms with Crippen LogP contribution in [-0.4, -0.2) is 30.1 Å². The summed E-state index contributed by atoms with van der Waals surface area (Å²) in [5.41, 5.74) is 1.55. The topological polar surface area (TPSA) is 41.1 Å². The highest BCUT2D eigenvalue weighted by atomic mass is 15.2. The molecule has 1 aliphatic rings. The Bertz CT molecular complexity index is 468. The van der Waals surface area contributed by atoms with Gasteiger partial charge in [0.05, 0.1) is 0 Å². The molecule has 1 aromatic heterocycles. The summed E-state index contributed by atoms with van der Waals surface area (Å²) in [5.74, 6) is 3.06. The third-order valence-electron chi connectivity index (χ3n) is 4.08. The molecule has 20 heavy (non-hydrogen) atoms. The van der Waals surface area contributed by atoms with Crippen molar-refractivity contribution in [1.29, 1.82) is 0 Å². The van der Waals surface area contributed by atoms with Crippen LogP contribution in [0.4, 0.5) is 11.6 Å². The molecule has 1 aliphatic heterocycles. The van der Waals surface area contributed by atoms with Crippen molar-refractivity contribution in [1.82, 2.24) is 9.97 Å². The molecular weight excluding hydrogens is 248 g/mol. The summed E-state index contributed by atoms with van der Waals surface area (Å²) in [6.45, 7) is 11.2. The number of rotatable bonds is 4. The lowest BCUT2D eigenvalue weighted by Crippen LogP contribution is -2.41. The molecule has 112 valence electrons. The highest BCUT2D eigenvalue weighted by Gasteiger charge is 2.28. The smallest absolute Gasteiger partial charge is 0.137 e. The minimum atomic E-state index is 0.375. The Morgan fingerprint density at radius 2 is 2.05 bits per heavy atom. The van der Waals surface area contributed by atoms with Crippen molar-refractivity contribution in [2.75, 3.05) is 30.4 Å². The summed E-state index contributed by atoms with van der Waals surface area (Å²) in [7, 11) is 1.94. The monoisotopic (exact) mass is 276 g/mol. The number of piperidine rings is 1. The summed E-state index contributed by atoms with van der Waals surface area (Å²) in [5, 5.41) is 3.22. The molecular formula is C16H28N4. The molecule has 2 rings (SSSR count). The van der Waals surface area contributed by atoms with E-state index < -0.39 is 0 Å². The van der Waals surface area contributed by atoms with E-state index in [4.69, 9.17) is 4.98 Å². The van der Waals surface area contributed by atoms with Crippen molar-refractivity contribution >= 4 is 11.6 Å². The molecule has 0 unspecified atom stereocenters. The Hall–Kier alpha value is -1.32. The van der Waals surface area contributed by atoms with E-state index in [0.717, 1.165) is 43.4 Å². The van der Waals surface area contributed by atoms with Gasteiger partial charge in [-0.2, -0.15) is 0 Å². The highest BCUT2D eigenvalue weighted by molar-refractivity contribution is 5.58. The fourth-order valence-corrected chi connectivity index (χ4v) is 3.04. The fraction of sp³-hybridized carbons (Fsp3) is 0.750. The lowest BCUT2D eigenvalue weighted by atomic mass is 9.84. The first-order chi connectivity index (χ1) is 9.46. The Morgan fingerprint density at radius 1 is 1.30 bits per heavy atom. The van der Waals surface area contributed by atoms with Crippen molar-refractivity contribution in [3.63, 3.8) is 0 Å². The van der Waals surface area contributed by atoms with Crippen LogP contribution in [0.15, 0.2) is 0 Å². The van der Waals surface area contributed by atoms with Crippen molar-refractivity contribution in [3.8, 4) is 0 Å².